The lowest BCUT2D eigenvalue weighted by Gasteiger charge is -2.13. The molecule has 2 heterocycles. The summed E-state index contributed by atoms with van der Waals surface area (Å²) >= 11 is 0. The van der Waals surface area contributed by atoms with E-state index in [1.54, 1.807) is 6.20 Å². The van der Waals surface area contributed by atoms with Gasteiger partial charge in [0.15, 0.2) is 0 Å². The molecule has 24 heavy (non-hydrogen) atoms. The highest BCUT2D eigenvalue weighted by Gasteiger charge is 2.12. The molecule has 124 valence electrons. The minimum atomic E-state index is -0.262. The summed E-state index contributed by atoms with van der Waals surface area (Å²) in [4.78, 5) is 4.30. The van der Waals surface area contributed by atoms with Crippen molar-refractivity contribution in [1.29, 1.82) is 0 Å². The van der Waals surface area contributed by atoms with E-state index in [9.17, 15) is 4.39 Å². The molecule has 0 saturated carbocycles. The third-order valence-corrected chi connectivity index (χ3v) is 3.95. The van der Waals surface area contributed by atoms with Crippen LogP contribution in [-0.2, 0) is 6.54 Å². The number of benzene rings is 1. The van der Waals surface area contributed by atoms with Gasteiger partial charge in [-0.15, -0.1) is 0 Å². The first-order chi connectivity index (χ1) is 11.7. The fraction of sp³-hybridized carbons (Fsp3) is 0.263. The van der Waals surface area contributed by atoms with E-state index in [0.29, 0.717) is 17.6 Å². The van der Waals surface area contributed by atoms with Crippen LogP contribution in [0.5, 0.6) is 0 Å². The van der Waals surface area contributed by atoms with Gasteiger partial charge in [0, 0.05) is 28.9 Å². The topological polar surface area (TPSA) is 53.6 Å². The molecule has 0 bridgehead atoms. The van der Waals surface area contributed by atoms with Gasteiger partial charge in [-0.3, -0.25) is 10.1 Å². The summed E-state index contributed by atoms with van der Waals surface area (Å²) in [6.07, 6.45) is 5.69. The van der Waals surface area contributed by atoms with Gasteiger partial charge in [0.05, 0.1) is 23.4 Å². The van der Waals surface area contributed by atoms with Crippen LogP contribution in [0.4, 0.5) is 4.39 Å². The van der Waals surface area contributed by atoms with Crippen LogP contribution in [0.2, 0.25) is 0 Å². The Morgan fingerprint density at radius 2 is 2.21 bits per heavy atom. The standard InChI is InChI=1S/C19H21FN4/c1-3-4-8-18(22-12-14-7-5-6-9-21-14)16-10-15-13(2)23-24-19(15)11-17(16)20/h5-11,22H,3-4,12H2,1-2H3,(H,23,24)/b18-8-. The molecule has 0 aliphatic rings. The predicted octanol–water partition coefficient (Wildman–Crippen LogP) is 4.34. The number of nitrogens with one attached hydrogen (secondary N) is 2. The second kappa shape index (κ2) is 7.25. The maximum atomic E-state index is 14.6. The predicted molar refractivity (Wildman–Crippen MR) is 94.8 cm³/mol. The van der Waals surface area contributed by atoms with Crippen LogP contribution >= 0.6 is 0 Å². The van der Waals surface area contributed by atoms with Crippen molar-refractivity contribution in [3.8, 4) is 0 Å². The summed E-state index contributed by atoms with van der Waals surface area (Å²) in [7, 11) is 0. The van der Waals surface area contributed by atoms with E-state index >= 15 is 0 Å². The van der Waals surface area contributed by atoms with E-state index < -0.39 is 0 Å². The maximum absolute atomic E-state index is 14.6. The Labute approximate surface area is 140 Å². The van der Waals surface area contributed by atoms with Crippen LogP contribution in [0, 0.1) is 12.7 Å². The number of aryl methyl sites for hydroxylation is 1. The third-order valence-electron chi connectivity index (χ3n) is 3.95. The summed E-state index contributed by atoms with van der Waals surface area (Å²) in [5.74, 6) is -0.262. The zero-order valence-corrected chi connectivity index (χ0v) is 13.9. The molecule has 4 nitrogen and oxygen atoms in total. The monoisotopic (exact) mass is 324 g/mol. The van der Waals surface area contributed by atoms with Crippen molar-refractivity contribution in [2.45, 2.75) is 33.2 Å². The molecular formula is C19H21FN4. The normalized spacial score (nSPS) is 11.9. The van der Waals surface area contributed by atoms with Crippen molar-refractivity contribution in [3.05, 3.63) is 65.4 Å². The number of pyridine rings is 1. The number of halogens is 1. The van der Waals surface area contributed by atoms with Crippen molar-refractivity contribution < 1.29 is 4.39 Å². The van der Waals surface area contributed by atoms with Crippen LogP contribution in [0.3, 0.4) is 0 Å². The minimum absolute atomic E-state index is 0.262. The second-order valence-corrected chi connectivity index (χ2v) is 5.77. The lowest BCUT2D eigenvalue weighted by Crippen LogP contribution is -2.14. The zero-order valence-electron chi connectivity index (χ0n) is 13.9. The SMILES string of the molecule is CCC/C=C(\NCc1ccccn1)c1cc2c(C)n[nH]c2cc1F. The van der Waals surface area contributed by atoms with Crippen molar-refractivity contribution in [2.24, 2.45) is 0 Å². The van der Waals surface area contributed by atoms with Crippen LogP contribution in [0.25, 0.3) is 16.6 Å². The molecule has 0 atom stereocenters. The highest BCUT2D eigenvalue weighted by Crippen LogP contribution is 2.25. The van der Waals surface area contributed by atoms with Gasteiger partial charge in [-0.05, 0) is 31.5 Å². The molecule has 0 aliphatic heterocycles. The highest BCUT2D eigenvalue weighted by molar-refractivity contribution is 5.85. The zero-order chi connectivity index (χ0) is 16.9. The minimum Gasteiger partial charge on any atom is -0.379 e. The third kappa shape index (κ3) is 3.45. The first-order valence-electron chi connectivity index (χ1n) is 8.17. The molecule has 0 spiro atoms. The Morgan fingerprint density at radius 3 is 2.96 bits per heavy atom. The number of rotatable bonds is 6. The van der Waals surface area contributed by atoms with Gasteiger partial charge in [0.2, 0.25) is 0 Å². The molecule has 0 saturated heterocycles. The Balaban J connectivity index is 1.93. The lowest BCUT2D eigenvalue weighted by molar-refractivity contribution is 0.623. The number of allylic oxidation sites excluding steroid dienone is 1. The number of unbranched alkanes of at least 4 members (excludes halogenated alkanes) is 1. The van der Waals surface area contributed by atoms with Gasteiger partial charge in [-0.1, -0.05) is 25.5 Å². The van der Waals surface area contributed by atoms with E-state index in [4.69, 9.17) is 0 Å². The quantitative estimate of drug-likeness (QED) is 0.709. The van der Waals surface area contributed by atoms with Crippen molar-refractivity contribution in [3.63, 3.8) is 0 Å². The molecule has 0 radical (unpaired) electrons. The first-order valence-corrected chi connectivity index (χ1v) is 8.17. The lowest BCUT2D eigenvalue weighted by atomic mass is 10.1. The first kappa shape index (κ1) is 16.2. The molecule has 0 aliphatic carbocycles. The summed E-state index contributed by atoms with van der Waals surface area (Å²) < 4.78 is 14.6. The van der Waals surface area contributed by atoms with Gasteiger partial charge in [-0.25, -0.2) is 4.39 Å². The van der Waals surface area contributed by atoms with Gasteiger partial charge < -0.3 is 5.32 Å². The van der Waals surface area contributed by atoms with E-state index in [0.717, 1.165) is 35.3 Å². The molecule has 0 amide bonds. The summed E-state index contributed by atoms with van der Waals surface area (Å²) in [6.45, 7) is 4.57. The number of fused-ring (bicyclic) bond motifs is 1. The number of H-pyrrole nitrogens is 1. The Kier molecular flexibility index (Phi) is 4.89. The van der Waals surface area contributed by atoms with Gasteiger partial charge in [-0.2, -0.15) is 5.10 Å². The molecular weight excluding hydrogens is 303 g/mol. The summed E-state index contributed by atoms with van der Waals surface area (Å²) in [5, 5.41) is 11.3. The molecule has 2 N–H and O–H groups in total. The fourth-order valence-corrected chi connectivity index (χ4v) is 2.63. The van der Waals surface area contributed by atoms with Crippen LogP contribution in [0.15, 0.2) is 42.6 Å². The molecule has 2 aromatic heterocycles. The Bertz CT molecular complexity index is 852. The highest BCUT2D eigenvalue weighted by atomic mass is 19.1. The molecule has 3 rings (SSSR count). The van der Waals surface area contributed by atoms with E-state index in [1.165, 1.54) is 6.07 Å². The van der Waals surface area contributed by atoms with E-state index in [1.807, 2.05) is 37.3 Å². The van der Waals surface area contributed by atoms with Gasteiger partial charge >= 0.3 is 0 Å². The number of hydrogen-bond acceptors (Lipinski definition) is 3. The number of hydrogen-bond donors (Lipinski definition) is 2. The largest absolute Gasteiger partial charge is 0.379 e. The van der Waals surface area contributed by atoms with E-state index in [2.05, 4.69) is 27.4 Å². The molecule has 0 fully saturated rings. The summed E-state index contributed by atoms with van der Waals surface area (Å²) in [5.41, 5.74) is 3.86. The van der Waals surface area contributed by atoms with Crippen molar-refractivity contribution in [2.75, 3.05) is 0 Å². The molecule has 1 aromatic carbocycles. The maximum Gasteiger partial charge on any atom is 0.134 e. The van der Waals surface area contributed by atoms with Gasteiger partial charge in [0.25, 0.3) is 0 Å². The van der Waals surface area contributed by atoms with Crippen LogP contribution < -0.4 is 5.32 Å². The average Bonchev–Trinajstić information content (AvgIpc) is 2.96. The number of aromatic nitrogens is 3. The van der Waals surface area contributed by atoms with Crippen molar-refractivity contribution >= 4 is 16.6 Å². The van der Waals surface area contributed by atoms with Crippen LogP contribution in [-0.4, -0.2) is 15.2 Å². The fourth-order valence-electron chi connectivity index (χ4n) is 2.63. The Morgan fingerprint density at radius 1 is 1.33 bits per heavy atom. The number of nitrogens with zero attached hydrogens (tertiary/aromatic N) is 2. The number of aromatic amines is 1. The van der Waals surface area contributed by atoms with Gasteiger partial charge in [0.1, 0.15) is 5.82 Å². The average molecular weight is 324 g/mol. The van der Waals surface area contributed by atoms with E-state index in [-0.39, 0.29) is 5.82 Å². The molecule has 0 unspecified atom stereocenters. The van der Waals surface area contributed by atoms with Crippen molar-refractivity contribution in [1.82, 2.24) is 20.5 Å². The second-order valence-electron chi connectivity index (χ2n) is 5.77. The Hall–Kier alpha value is -2.69. The summed E-state index contributed by atoms with van der Waals surface area (Å²) in [6, 6.07) is 9.14. The molecule has 3 aromatic rings. The molecule has 5 heteroatoms. The smallest absolute Gasteiger partial charge is 0.134 e. The van der Waals surface area contributed by atoms with Crippen LogP contribution in [0.1, 0.15) is 36.7 Å².